The monoisotopic (exact) mass is 321 g/mol. The lowest BCUT2D eigenvalue weighted by atomic mass is 9.91. The highest BCUT2D eigenvalue weighted by atomic mass is 32.1. The molecule has 3 rings (SSSR count). The van der Waals surface area contributed by atoms with Crippen molar-refractivity contribution < 1.29 is 19.7 Å². The van der Waals surface area contributed by atoms with Crippen molar-refractivity contribution in [1.29, 1.82) is 0 Å². The van der Waals surface area contributed by atoms with E-state index in [0.29, 0.717) is 5.82 Å². The first-order chi connectivity index (χ1) is 10.4. The summed E-state index contributed by atoms with van der Waals surface area (Å²) in [7, 11) is 0. The van der Waals surface area contributed by atoms with Crippen LogP contribution in [0.5, 0.6) is 5.75 Å². The molecule has 22 heavy (non-hydrogen) atoms. The third-order valence-corrected chi connectivity index (χ3v) is 4.50. The summed E-state index contributed by atoms with van der Waals surface area (Å²) in [6.07, 6.45) is 1.72. The lowest BCUT2D eigenvalue weighted by Crippen LogP contribution is -2.50. The molecule has 0 fully saturated rings. The molecule has 7 nitrogen and oxygen atoms in total. The van der Waals surface area contributed by atoms with Crippen LogP contribution >= 0.6 is 11.3 Å². The maximum Gasteiger partial charge on any atom is 0.356 e. The standard InChI is InChI=1S/C14H15N3O4S/c1-14(2)12(18)10(11-8(21-14)3-4-22-11)17-9-6-15-7(5-16-9)13(19)20/h3-6,10,12,18H,1-2H3,(H,16,17)(H,19,20)/t10-,12+/m1/s1. The van der Waals surface area contributed by atoms with Crippen molar-refractivity contribution in [3.63, 3.8) is 0 Å². The van der Waals surface area contributed by atoms with Crippen LogP contribution in [0, 0.1) is 0 Å². The summed E-state index contributed by atoms with van der Waals surface area (Å²) in [5, 5.41) is 24.4. The first kappa shape index (κ1) is 14.7. The molecule has 0 aromatic carbocycles. The number of fused-ring (bicyclic) bond motifs is 1. The number of ether oxygens (including phenoxy) is 1. The lowest BCUT2D eigenvalue weighted by Gasteiger charge is -2.40. The summed E-state index contributed by atoms with van der Waals surface area (Å²) in [5.41, 5.74) is -0.879. The van der Waals surface area contributed by atoms with E-state index in [1.54, 1.807) is 0 Å². The van der Waals surface area contributed by atoms with Crippen LogP contribution in [0.25, 0.3) is 0 Å². The van der Waals surface area contributed by atoms with E-state index in [0.717, 1.165) is 10.6 Å². The number of nitrogens with zero attached hydrogens (tertiary/aromatic N) is 2. The van der Waals surface area contributed by atoms with Crippen molar-refractivity contribution in [2.24, 2.45) is 0 Å². The molecule has 3 heterocycles. The van der Waals surface area contributed by atoms with Crippen molar-refractivity contribution in [1.82, 2.24) is 9.97 Å². The van der Waals surface area contributed by atoms with Gasteiger partial charge in [0.05, 0.1) is 23.3 Å². The summed E-state index contributed by atoms with van der Waals surface area (Å²) in [6, 6.07) is 1.46. The van der Waals surface area contributed by atoms with Gasteiger partial charge in [0, 0.05) is 0 Å². The number of rotatable bonds is 3. The number of aromatic nitrogens is 2. The van der Waals surface area contributed by atoms with Gasteiger partial charge in [-0.3, -0.25) is 0 Å². The predicted molar refractivity (Wildman–Crippen MR) is 80.4 cm³/mol. The molecule has 0 unspecified atom stereocenters. The van der Waals surface area contributed by atoms with Crippen LogP contribution < -0.4 is 10.1 Å². The third kappa shape index (κ3) is 2.51. The fraction of sp³-hybridized carbons (Fsp3) is 0.357. The second-order valence-electron chi connectivity index (χ2n) is 5.51. The fourth-order valence-electron chi connectivity index (χ4n) is 2.33. The number of aliphatic hydroxyl groups is 1. The van der Waals surface area contributed by atoms with Gasteiger partial charge in [-0.05, 0) is 25.3 Å². The Morgan fingerprint density at radius 3 is 2.82 bits per heavy atom. The minimum absolute atomic E-state index is 0.129. The van der Waals surface area contributed by atoms with Gasteiger partial charge in [-0.1, -0.05) is 0 Å². The molecule has 0 aliphatic carbocycles. The fourth-order valence-corrected chi connectivity index (χ4v) is 3.22. The second-order valence-corrected chi connectivity index (χ2v) is 6.46. The maximum absolute atomic E-state index is 10.8. The minimum Gasteiger partial charge on any atom is -0.484 e. The Labute approximate surface area is 130 Å². The highest BCUT2D eigenvalue weighted by Crippen LogP contribution is 2.44. The molecule has 1 aliphatic heterocycles. The van der Waals surface area contributed by atoms with Crippen molar-refractivity contribution >= 4 is 23.1 Å². The van der Waals surface area contributed by atoms with Gasteiger partial charge in [0.2, 0.25) is 0 Å². The predicted octanol–water partition coefficient (Wildman–Crippen LogP) is 1.92. The number of hydrogen-bond acceptors (Lipinski definition) is 7. The van der Waals surface area contributed by atoms with Gasteiger partial charge in [0.25, 0.3) is 0 Å². The molecule has 0 saturated heterocycles. The van der Waals surface area contributed by atoms with Gasteiger partial charge in [-0.25, -0.2) is 14.8 Å². The Kier molecular flexibility index (Phi) is 3.50. The van der Waals surface area contributed by atoms with Crippen molar-refractivity contribution in [3.05, 3.63) is 34.4 Å². The second kappa shape index (κ2) is 5.22. The molecule has 2 atom stereocenters. The van der Waals surface area contributed by atoms with Crippen LogP contribution in [-0.2, 0) is 0 Å². The first-order valence-corrected chi connectivity index (χ1v) is 7.53. The summed E-state index contributed by atoms with van der Waals surface area (Å²) < 4.78 is 5.80. The van der Waals surface area contributed by atoms with Crippen LogP contribution in [-0.4, -0.2) is 37.9 Å². The number of aromatic carboxylic acids is 1. The van der Waals surface area contributed by atoms with Crippen molar-refractivity contribution in [2.75, 3.05) is 5.32 Å². The largest absolute Gasteiger partial charge is 0.484 e. The van der Waals surface area contributed by atoms with Crippen LogP contribution in [0.3, 0.4) is 0 Å². The van der Waals surface area contributed by atoms with Gasteiger partial charge in [0.1, 0.15) is 23.3 Å². The molecular weight excluding hydrogens is 306 g/mol. The number of carboxylic acids is 1. The average Bonchev–Trinajstić information content (AvgIpc) is 2.91. The highest BCUT2D eigenvalue weighted by Gasteiger charge is 2.43. The quantitative estimate of drug-likeness (QED) is 0.793. The number of thiophene rings is 1. The molecule has 0 radical (unpaired) electrons. The zero-order valence-corrected chi connectivity index (χ0v) is 12.8. The highest BCUT2D eigenvalue weighted by molar-refractivity contribution is 7.10. The van der Waals surface area contributed by atoms with Crippen LogP contribution in [0.2, 0.25) is 0 Å². The number of carboxylic acid groups (broad SMARTS) is 1. The van der Waals surface area contributed by atoms with Crippen LogP contribution in [0.4, 0.5) is 5.82 Å². The molecule has 0 saturated carbocycles. The van der Waals surface area contributed by atoms with Crippen molar-refractivity contribution in [2.45, 2.75) is 31.6 Å². The Morgan fingerprint density at radius 2 is 2.18 bits per heavy atom. The van der Waals surface area contributed by atoms with E-state index >= 15 is 0 Å². The molecule has 2 aromatic rings. The Bertz CT molecular complexity index is 698. The minimum atomic E-state index is -1.13. The zero-order valence-electron chi connectivity index (χ0n) is 12.0. The molecule has 2 aromatic heterocycles. The number of nitrogens with one attached hydrogen (secondary N) is 1. The summed E-state index contributed by atoms with van der Waals surface area (Å²) >= 11 is 1.48. The van der Waals surface area contributed by atoms with Gasteiger partial charge in [-0.2, -0.15) is 0 Å². The molecular formula is C14H15N3O4S. The molecule has 1 aliphatic rings. The maximum atomic E-state index is 10.8. The number of carbonyl (C=O) groups is 1. The van der Waals surface area contributed by atoms with E-state index in [1.165, 1.54) is 23.7 Å². The van der Waals surface area contributed by atoms with Crippen molar-refractivity contribution in [3.8, 4) is 5.75 Å². The topological polar surface area (TPSA) is 105 Å². The van der Waals surface area contributed by atoms with Gasteiger partial charge in [0.15, 0.2) is 5.69 Å². The van der Waals surface area contributed by atoms with Crippen LogP contribution in [0.15, 0.2) is 23.8 Å². The number of anilines is 1. The van der Waals surface area contributed by atoms with Gasteiger partial charge in [-0.15, -0.1) is 11.3 Å². The molecule has 8 heteroatoms. The zero-order chi connectivity index (χ0) is 15.9. The molecule has 0 spiro atoms. The average molecular weight is 321 g/mol. The van der Waals surface area contributed by atoms with E-state index in [1.807, 2.05) is 25.3 Å². The first-order valence-electron chi connectivity index (χ1n) is 6.65. The van der Waals surface area contributed by atoms with E-state index in [2.05, 4.69) is 15.3 Å². The molecule has 0 bridgehead atoms. The van der Waals surface area contributed by atoms with E-state index in [9.17, 15) is 9.90 Å². The van der Waals surface area contributed by atoms with E-state index in [-0.39, 0.29) is 5.69 Å². The van der Waals surface area contributed by atoms with Crippen LogP contribution in [0.1, 0.15) is 35.3 Å². The number of hydrogen-bond donors (Lipinski definition) is 3. The SMILES string of the molecule is CC1(C)Oc2ccsc2[C@@H](Nc2cnc(C(=O)O)cn2)[C@@H]1O. The number of aliphatic hydroxyl groups excluding tert-OH is 1. The third-order valence-electron chi connectivity index (χ3n) is 3.52. The Morgan fingerprint density at radius 1 is 1.41 bits per heavy atom. The summed E-state index contributed by atoms with van der Waals surface area (Å²) in [6.45, 7) is 3.62. The summed E-state index contributed by atoms with van der Waals surface area (Å²) in [4.78, 5) is 19.5. The lowest BCUT2D eigenvalue weighted by molar-refractivity contribution is -0.0518. The Hall–Kier alpha value is -2.19. The Balaban J connectivity index is 1.89. The summed E-state index contributed by atoms with van der Waals surface area (Å²) in [5.74, 6) is -0.00848. The van der Waals surface area contributed by atoms with Gasteiger partial charge < -0.3 is 20.3 Å². The van der Waals surface area contributed by atoms with E-state index in [4.69, 9.17) is 9.84 Å². The molecule has 3 N–H and O–H groups in total. The smallest absolute Gasteiger partial charge is 0.356 e. The molecule has 116 valence electrons. The van der Waals surface area contributed by atoms with Gasteiger partial charge >= 0.3 is 5.97 Å². The molecule has 0 amide bonds. The normalized spacial score (nSPS) is 22.5. The van der Waals surface area contributed by atoms with E-state index < -0.39 is 23.7 Å².